The van der Waals surface area contributed by atoms with Crippen LogP contribution in [0.25, 0.3) is 11.4 Å². The molecule has 1 aliphatic carbocycles. The Hall–Kier alpha value is -3.21. The number of aryl methyl sites for hydroxylation is 2. The predicted octanol–water partition coefficient (Wildman–Crippen LogP) is 4.86. The molecule has 2 aliphatic rings. The second kappa shape index (κ2) is 9.11. The number of nitrogens with zero attached hydrogens (tertiary/aromatic N) is 3. The Labute approximate surface area is 189 Å². The van der Waals surface area contributed by atoms with E-state index in [1.54, 1.807) is 0 Å². The largest absolute Gasteiger partial charge is 0.356 e. The highest BCUT2D eigenvalue weighted by molar-refractivity contribution is 5.80. The van der Waals surface area contributed by atoms with Crippen LogP contribution in [0.3, 0.4) is 0 Å². The average Bonchev–Trinajstić information content (AvgIpc) is 2.85. The molecule has 1 fully saturated rings. The minimum atomic E-state index is -0.0179. The molecular formula is C27H30N4O. The van der Waals surface area contributed by atoms with Crippen molar-refractivity contribution in [2.24, 2.45) is 5.92 Å². The van der Waals surface area contributed by atoms with Crippen molar-refractivity contribution in [2.75, 3.05) is 18.0 Å². The Balaban J connectivity index is 1.28. The topological polar surface area (TPSA) is 58.1 Å². The van der Waals surface area contributed by atoms with Gasteiger partial charge < -0.3 is 10.2 Å². The lowest BCUT2D eigenvalue weighted by molar-refractivity contribution is -0.126. The van der Waals surface area contributed by atoms with Gasteiger partial charge in [0.05, 0.1) is 12.0 Å². The Morgan fingerprint density at radius 1 is 1.03 bits per heavy atom. The fourth-order valence-corrected chi connectivity index (χ4v) is 4.96. The van der Waals surface area contributed by atoms with Crippen LogP contribution in [0.5, 0.6) is 0 Å². The number of aromatic nitrogens is 2. The maximum atomic E-state index is 13.2. The molecular weight excluding hydrogens is 396 g/mol. The van der Waals surface area contributed by atoms with E-state index in [0.29, 0.717) is 6.54 Å². The van der Waals surface area contributed by atoms with Crippen LogP contribution in [0.15, 0.2) is 60.8 Å². The minimum Gasteiger partial charge on any atom is -0.356 e. The standard InChI is InChI=1S/C27H30N4O/c1-19-11-13-21(14-12-19)26-28-16-15-25(30-26)31-17-5-8-22(18-31)27(32)29-24-10-4-7-20-6-2-3-9-23(20)24/h2-3,6,9,11-16,22,24H,4-5,7-8,10,17-18H2,1H3,(H,29,32). The normalized spacial score (nSPS) is 20.5. The van der Waals surface area contributed by atoms with Crippen LogP contribution in [0, 0.1) is 12.8 Å². The zero-order valence-corrected chi connectivity index (χ0v) is 18.6. The van der Waals surface area contributed by atoms with Crippen molar-refractivity contribution in [1.82, 2.24) is 15.3 Å². The molecule has 0 bridgehead atoms. The highest BCUT2D eigenvalue weighted by Gasteiger charge is 2.29. The Bertz CT molecular complexity index is 1090. The smallest absolute Gasteiger partial charge is 0.225 e. The van der Waals surface area contributed by atoms with Crippen LogP contribution in [-0.4, -0.2) is 29.0 Å². The molecule has 1 aromatic heterocycles. The van der Waals surface area contributed by atoms with Gasteiger partial charge in [-0.15, -0.1) is 0 Å². The lowest BCUT2D eigenvalue weighted by Crippen LogP contribution is -2.44. The Kier molecular flexibility index (Phi) is 5.89. The summed E-state index contributed by atoms with van der Waals surface area (Å²) >= 11 is 0. The van der Waals surface area contributed by atoms with Crippen LogP contribution in [0.1, 0.15) is 48.4 Å². The zero-order valence-electron chi connectivity index (χ0n) is 18.6. The molecule has 2 atom stereocenters. The van der Waals surface area contributed by atoms with Crippen LogP contribution < -0.4 is 10.2 Å². The van der Waals surface area contributed by atoms with E-state index < -0.39 is 0 Å². The van der Waals surface area contributed by atoms with Gasteiger partial charge in [0, 0.05) is 24.8 Å². The zero-order chi connectivity index (χ0) is 21.9. The summed E-state index contributed by atoms with van der Waals surface area (Å²) in [6.45, 7) is 3.69. The summed E-state index contributed by atoms with van der Waals surface area (Å²) in [5.41, 5.74) is 4.90. The minimum absolute atomic E-state index is 0.0179. The number of carbonyl (C=O) groups excluding carboxylic acids is 1. The summed E-state index contributed by atoms with van der Waals surface area (Å²) in [5, 5.41) is 3.36. The lowest BCUT2D eigenvalue weighted by Gasteiger charge is -2.34. The third kappa shape index (κ3) is 4.38. The van der Waals surface area contributed by atoms with Crippen LogP contribution in [0.4, 0.5) is 5.82 Å². The van der Waals surface area contributed by atoms with E-state index in [9.17, 15) is 4.79 Å². The monoisotopic (exact) mass is 426 g/mol. The average molecular weight is 427 g/mol. The first-order chi connectivity index (χ1) is 15.7. The predicted molar refractivity (Wildman–Crippen MR) is 127 cm³/mol. The molecule has 1 N–H and O–H groups in total. The van der Waals surface area contributed by atoms with Crippen molar-refractivity contribution >= 4 is 11.7 Å². The number of rotatable bonds is 4. The molecule has 5 nitrogen and oxygen atoms in total. The summed E-state index contributed by atoms with van der Waals surface area (Å²) < 4.78 is 0. The molecule has 0 saturated carbocycles. The van der Waals surface area contributed by atoms with E-state index in [4.69, 9.17) is 4.98 Å². The van der Waals surface area contributed by atoms with Gasteiger partial charge in [0.1, 0.15) is 5.82 Å². The Morgan fingerprint density at radius 3 is 2.75 bits per heavy atom. The number of piperidine rings is 1. The van der Waals surface area contributed by atoms with Crippen LogP contribution >= 0.6 is 0 Å². The Morgan fingerprint density at radius 2 is 1.88 bits per heavy atom. The molecule has 32 heavy (non-hydrogen) atoms. The SMILES string of the molecule is Cc1ccc(-c2nccc(N3CCCC(C(=O)NC4CCCc5ccccc54)C3)n2)cc1. The number of nitrogens with one attached hydrogen (secondary N) is 1. The molecule has 164 valence electrons. The van der Waals surface area contributed by atoms with Gasteiger partial charge >= 0.3 is 0 Å². The van der Waals surface area contributed by atoms with Gasteiger partial charge in [-0.2, -0.15) is 0 Å². The lowest BCUT2D eigenvalue weighted by atomic mass is 9.87. The molecule has 1 amide bonds. The van der Waals surface area contributed by atoms with Crippen molar-refractivity contribution in [3.8, 4) is 11.4 Å². The highest BCUT2D eigenvalue weighted by Crippen LogP contribution is 2.31. The maximum Gasteiger partial charge on any atom is 0.225 e. The fourth-order valence-electron chi connectivity index (χ4n) is 4.96. The maximum absolute atomic E-state index is 13.2. The van der Waals surface area contributed by atoms with E-state index in [-0.39, 0.29) is 17.9 Å². The second-order valence-electron chi connectivity index (χ2n) is 9.04. The van der Waals surface area contributed by atoms with Crippen molar-refractivity contribution < 1.29 is 4.79 Å². The fraction of sp³-hybridized carbons (Fsp3) is 0.370. The van der Waals surface area contributed by atoms with Gasteiger partial charge in [-0.25, -0.2) is 9.97 Å². The third-order valence-corrected chi connectivity index (χ3v) is 6.75. The molecule has 2 heterocycles. The van der Waals surface area contributed by atoms with Crippen molar-refractivity contribution in [3.05, 3.63) is 77.5 Å². The number of amides is 1. The van der Waals surface area contributed by atoms with Gasteiger partial charge in [0.15, 0.2) is 5.82 Å². The molecule has 1 aliphatic heterocycles. The molecule has 0 radical (unpaired) electrons. The summed E-state index contributed by atoms with van der Waals surface area (Å²) in [4.78, 5) is 24.7. The summed E-state index contributed by atoms with van der Waals surface area (Å²) in [6, 6.07) is 18.9. The van der Waals surface area contributed by atoms with Crippen molar-refractivity contribution in [3.63, 3.8) is 0 Å². The molecule has 3 aromatic rings. The van der Waals surface area contributed by atoms with E-state index in [2.05, 4.69) is 70.7 Å². The molecule has 5 heteroatoms. The number of benzene rings is 2. The van der Waals surface area contributed by atoms with E-state index >= 15 is 0 Å². The summed E-state index contributed by atoms with van der Waals surface area (Å²) in [5.74, 6) is 1.78. The van der Waals surface area contributed by atoms with Gasteiger partial charge in [-0.05, 0) is 56.2 Å². The highest BCUT2D eigenvalue weighted by atomic mass is 16.2. The molecule has 2 aromatic carbocycles. The van der Waals surface area contributed by atoms with E-state index in [1.807, 2.05) is 12.3 Å². The van der Waals surface area contributed by atoms with E-state index in [0.717, 1.165) is 55.9 Å². The number of hydrogen-bond donors (Lipinski definition) is 1. The van der Waals surface area contributed by atoms with Gasteiger partial charge in [-0.3, -0.25) is 4.79 Å². The number of fused-ring (bicyclic) bond motifs is 1. The molecule has 2 unspecified atom stereocenters. The molecule has 5 rings (SSSR count). The quantitative estimate of drug-likeness (QED) is 0.647. The van der Waals surface area contributed by atoms with Crippen LogP contribution in [0.2, 0.25) is 0 Å². The number of hydrogen-bond acceptors (Lipinski definition) is 4. The van der Waals surface area contributed by atoms with Crippen molar-refractivity contribution in [1.29, 1.82) is 0 Å². The van der Waals surface area contributed by atoms with Gasteiger partial charge in [0.2, 0.25) is 5.91 Å². The summed E-state index contributed by atoms with van der Waals surface area (Å²) in [7, 11) is 0. The number of carbonyl (C=O) groups is 1. The first-order valence-electron chi connectivity index (χ1n) is 11.7. The van der Waals surface area contributed by atoms with Gasteiger partial charge in [0.25, 0.3) is 0 Å². The van der Waals surface area contributed by atoms with E-state index in [1.165, 1.54) is 16.7 Å². The number of anilines is 1. The summed E-state index contributed by atoms with van der Waals surface area (Å²) in [6.07, 6.45) is 6.99. The molecule has 0 spiro atoms. The molecule has 1 saturated heterocycles. The van der Waals surface area contributed by atoms with Crippen molar-refractivity contribution in [2.45, 2.75) is 45.1 Å². The second-order valence-corrected chi connectivity index (χ2v) is 9.04. The van der Waals surface area contributed by atoms with Gasteiger partial charge in [-0.1, -0.05) is 54.1 Å². The third-order valence-electron chi connectivity index (χ3n) is 6.75. The first kappa shape index (κ1) is 20.7. The van der Waals surface area contributed by atoms with Crippen LogP contribution in [-0.2, 0) is 11.2 Å². The first-order valence-corrected chi connectivity index (χ1v) is 11.7.